The number of rotatable bonds is 7. The summed E-state index contributed by atoms with van der Waals surface area (Å²) in [4.78, 5) is 16.6. The Morgan fingerprint density at radius 2 is 2.12 bits per heavy atom. The fraction of sp³-hybridized carbons (Fsp3) is 0.500. The molecule has 1 rings (SSSR count). The van der Waals surface area contributed by atoms with Crippen LogP contribution in [0, 0.1) is 0 Å². The zero-order chi connectivity index (χ0) is 12.7. The number of carboxylic acid groups (broad SMARTS) is 1. The minimum absolute atomic E-state index is 0.0288. The first kappa shape index (κ1) is 13.4. The molecule has 0 saturated heterocycles. The Morgan fingerprint density at radius 3 is 2.59 bits per heavy atom. The topological polar surface area (TPSA) is 62.7 Å². The van der Waals surface area contributed by atoms with E-state index in [1.807, 2.05) is 0 Å². The van der Waals surface area contributed by atoms with Crippen molar-refractivity contribution in [2.75, 3.05) is 26.2 Å². The van der Waals surface area contributed by atoms with Gasteiger partial charge in [-0.1, -0.05) is 13.8 Å². The maximum absolute atomic E-state index is 10.6. The summed E-state index contributed by atoms with van der Waals surface area (Å²) in [7, 11) is 0. The van der Waals surface area contributed by atoms with E-state index >= 15 is 0 Å². The molecule has 0 amide bonds. The predicted molar refractivity (Wildman–Crippen MR) is 64.5 cm³/mol. The van der Waals surface area contributed by atoms with Gasteiger partial charge in [-0.05, 0) is 25.2 Å². The largest absolute Gasteiger partial charge is 0.491 e. The lowest BCUT2D eigenvalue weighted by atomic mass is 10.3. The SMILES string of the molecule is CCN(CC)CCOc1ccc(C(=O)O)nc1. The number of likely N-dealkylation sites (N-methyl/N-ethyl adjacent to an activating group) is 1. The summed E-state index contributed by atoms with van der Waals surface area (Å²) in [6.45, 7) is 7.63. The van der Waals surface area contributed by atoms with Gasteiger partial charge in [0, 0.05) is 6.54 Å². The molecule has 0 aromatic carbocycles. The van der Waals surface area contributed by atoms with Gasteiger partial charge < -0.3 is 14.7 Å². The predicted octanol–water partition coefficient (Wildman–Crippen LogP) is 1.50. The molecule has 5 nitrogen and oxygen atoms in total. The Balaban J connectivity index is 2.39. The van der Waals surface area contributed by atoms with E-state index in [1.165, 1.54) is 12.3 Å². The number of aromatic nitrogens is 1. The maximum atomic E-state index is 10.6. The zero-order valence-electron chi connectivity index (χ0n) is 10.2. The first-order valence-electron chi connectivity index (χ1n) is 5.71. The minimum atomic E-state index is -1.03. The number of hydrogen-bond acceptors (Lipinski definition) is 4. The van der Waals surface area contributed by atoms with Gasteiger partial charge in [-0.2, -0.15) is 0 Å². The molecule has 5 heteroatoms. The summed E-state index contributed by atoms with van der Waals surface area (Å²) >= 11 is 0. The Morgan fingerprint density at radius 1 is 1.41 bits per heavy atom. The van der Waals surface area contributed by atoms with Crippen LogP contribution in [-0.2, 0) is 0 Å². The Bertz CT molecular complexity index is 347. The van der Waals surface area contributed by atoms with Crippen molar-refractivity contribution in [2.45, 2.75) is 13.8 Å². The van der Waals surface area contributed by atoms with Crippen molar-refractivity contribution in [3.8, 4) is 5.75 Å². The van der Waals surface area contributed by atoms with Crippen LogP contribution in [0.2, 0.25) is 0 Å². The fourth-order valence-electron chi connectivity index (χ4n) is 1.42. The highest BCUT2D eigenvalue weighted by atomic mass is 16.5. The summed E-state index contributed by atoms with van der Waals surface area (Å²) in [6, 6.07) is 3.06. The van der Waals surface area contributed by atoms with Gasteiger partial charge in [0.25, 0.3) is 0 Å². The van der Waals surface area contributed by atoms with Crippen LogP contribution in [-0.4, -0.2) is 47.2 Å². The molecule has 1 aromatic rings. The van der Waals surface area contributed by atoms with Crippen LogP contribution >= 0.6 is 0 Å². The van der Waals surface area contributed by atoms with E-state index in [4.69, 9.17) is 9.84 Å². The van der Waals surface area contributed by atoms with Crippen molar-refractivity contribution in [3.05, 3.63) is 24.0 Å². The highest BCUT2D eigenvalue weighted by Crippen LogP contribution is 2.09. The van der Waals surface area contributed by atoms with Crippen molar-refractivity contribution in [1.29, 1.82) is 0 Å². The number of carboxylic acids is 1. The molecular weight excluding hydrogens is 220 g/mol. The van der Waals surface area contributed by atoms with E-state index in [-0.39, 0.29) is 5.69 Å². The third-order valence-corrected chi connectivity index (χ3v) is 2.53. The lowest BCUT2D eigenvalue weighted by molar-refractivity contribution is 0.0690. The van der Waals surface area contributed by atoms with Crippen LogP contribution in [0.1, 0.15) is 24.3 Å². The number of pyridine rings is 1. The molecule has 0 aliphatic carbocycles. The molecule has 0 atom stereocenters. The Kier molecular flexibility index (Phi) is 5.42. The van der Waals surface area contributed by atoms with Gasteiger partial charge in [-0.25, -0.2) is 9.78 Å². The average Bonchev–Trinajstić information content (AvgIpc) is 2.35. The molecule has 1 aromatic heterocycles. The van der Waals surface area contributed by atoms with Crippen LogP contribution in [0.5, 0.6) is 5.75 Å². The van der Waals surface area contributed by atoms with E-state index in [9.17, 15) is 4.79 Å². The quantitative estimate of drug-likeness (QED) is 0.780. The summed E-state index contributed by atoms with van der Waals surface area (Å²) in [5.74, 6) is -0.429. The molecule has 0 unspecified atom stereocenters. The van der Waals surface area contributed by atoms with Gasteiger partial charge in [0.1, 0.15) is 18.1 Å². The zero-order valence-corrected chi connectivity index (χ0v) is 10.2. The molecule has 0 bridgehead atoms. The van der Waals surface area contributed by atoms with Crippen molar-refractivity contribution >= 4 is 5.97 Å². The van der Waals surface area contributed by atoms with Crippen molar-refractivity contribution in [3.63, 3.8) is 0 Å². The van der Waals surface area contributed by atoms with Crippen LogP contribution < -0.4 is 4.74 Å². The number of aromatic carboxylic acids is 1. The van der Waals surface area contributed by atoms with E-state index in [0.29, 0.717) is 12.4 Å². The third-order valence-electron chi connectivity index (χ3n) is 2.53. The number of nitrogens with zero attached hydrogens (tertiary/aromatic N) is 2. The molecule has 17 heavy (non-hydrogen) atoms. The van der Waals surface area contributed by atoms with Gasteiger partial charge in [-0.15, -0.1) is 0 Å². The second kappa shape index (κ2) is 6.85. The van der Waals surface area contributed by atoms with Gasteiger partial charge in [0.05, 0.1) is 6.20 Å². The van der Waals surface area contributed by atoms with Crippen molar-refractivity contribution < 1.29 is 14.6 Å². The van der Waals surface area contributed by atoms with Crippen LogP contribution in [0.15, 0.2) is 18.3 Å². The number of carbonyl (C=O) groups is 1. The normalized spacial score (nSPS) is 10.5. The second-order valence-corrected chi connectivity index (χ2v) is 3.56. The smallest absolute Gasteiger partial charge is 0.354 e. The molecule has 0 radical (unpaired) electrons. The molecule has 0 aliphatic heterocycles. The van der Waals surface area contributed by atoms with E-state index in [1.54, 1.807) is 6.07 Å². The van der Waals surface area contributed by atoms with Gasteiger partial charge in [0.2, 0.25) is 0 Å². The van der Waals surface area contributed by atoms with Crippen LogP contribution in [0.4, 0.5) is 0 Å². The number of ether oxygens (including phenoxy) is 1. The standard InChI is InChI=1S/C12H18N2O3/c1-3-14(4-2)7-8-17-10-5-6-11(12(15)16)13-9-10/h5-6,9H,3-4,7-8H2,1-2H3,(H,15,16). The average molecular weight is 238 g/mol. The minimum Gasteiger partial charge on any atom is -0.491 e. The highest BCUT2D eigenvalue weighted by Gasteiger charge is 2.04. The number of hydrogen-bond donors (Lipinski definition) is 1. The van der Waals surface area contributed by atoms with Crippen molar-refractivity contribution in [1.82, 2.24) is 9.88 Å². The lowest BCUT2D eigenvalue weighted by Gasteiger charge is -2.17. The monoisotopic (exact) mass is 238 g/mol. The Labute approximate surface area is 101 Å². The van der Waals surface area contributed by atoms with Crippen LogP contribution in [0.25, 0.3) is 0 Å². The molecule has 1 heterocycles. The third kappa shape index (κ3) is 4.40. The van der Waals surface area contributed by atoms with E-state index in [0.717, 1.165) is 19.6 Å². The fourth-order valence-corrected chi connectivity index (χ4v) is 1.42. The second-order valence-electron chi connectivity index (χ2n) is 3.56. The van der Waals surface area contributed by atoms with E-state index in [2.05, 4.69) is 23.7 Å². The van der Waals surface area contributed by atoms with Gasteiger partial charge in [0.15, 0.2) is 0 Å². The first-order chi connectivity index (χ1) is 8.17. The summed E-state index contributed by atoms with van der Waals surface area (Å²) in [5, 5.41) is 8.68. The van der Waals surface area contributed by atoms with Gasteiger partial charge in [-0.3, -0.25) is 0 Å². The van der Waals surface area contributed by atoms with Crippen molar-refractivity contribution in [2.24, 2.45) is 0 Å². The lowest BCUT2D eigenvalue weighted by Crippen LogP contribution is -2.27. The van der Waals surface area contributed by atoms with E-state index < -0.39 is 5.97 Å². The Hall–Kier alpha value is -1.62. The van der Waals surface area contributed by atoms with Crippen LogP contribution in [0.3, 0.4) is 0 Å². The molecule has 0 spiro atoms. The summed E-state index contributed by atoms with van der Waals surface area (Å²) in [6.07, 6.45) is 1.44. The van der Waals surface area contributed by atoms with Gasteiger partial charge >= 0.3 is 5.97 Å². The molecular formula is C12H18N2O3. The molecule has 0 saturated carbocycles. The first-order valence-corrected chi connectivity index (χ1v) is 5.71. The molecule has 0 aliphatic rings. The molecule has 94 valence electrons. The summed E-state index contributed by atoms with van der Waals surface area (Å²) in [5.41, 5.74) is 0.0288. The summed E-state index contributed by atoms with van der Waals surface area (Å²) < 4.78 is 5.48. The molecule has 0 fully saturated rings. The maximum Gasteiger partial charge on any atom is 0.354 e. The molecule has 1 N–H and O–H groups in total. The highest BCUT2D eigenvalue weighted by molar-refractivity contribution is 5.85.